The monoisotopic (exact) mass is 473 g/mol. The SMILES string of the molecule is COc1ccc(COC(=O)C2=C(C)NC(=O)CC2c2cc3c(cc2Br)OCO3)cc1. The van der Waals surface area contributed by atoms with Gasteiger partial charge in [0, 0.05) is 22.5 Å². The van der Waals surface area contributed by atoms with Gasteiger partial charge in [-0.15, -0.1) is 0 Å². The van der Waals surface area contributed by atoms with Gasteiger partial charge >= 0.3 is 5.97 Å². The zero-order valence-corrected chi connectivity index (χ0v) is 18.1. The minimum Gasteiger partial charge on any atom is -0.497 e. The third kappa shape index (κ3) is 4.00. The van der Waals surface area contributed by atoms with E-state index in [4.69, 9.17) is 18.9 Å². The first kappa shape index (κ1) is 20.3. The number of nitrogens with one attached hydrogen (secondary N) is 1. The van der Waals surface area contributed by atoms with Gasteiger partial charge in [0.1, 0.15) is 12.4 Å². The number of amides is 1. The van der Waals surface area contributed by atoms with Crippen LogP contribution in [0.3, 0.4) is 0 Å². The highest BCUT2D eigenvalue weighted by atomic mass is 79.9. The molecule has 0 fully saturated rings. The molecule has 2 aromatic carbocycles. The molecule has 0 radical (unpaired) electrons. The second-order valence-corrected chi connectivity index (χ2v) is 7.85. The quantitative estimate of drug-likeness (QED) is 0.664. The third-order valence-electron chi connectivity index (χ3n) is 5.09. The van der Waals surface area contributed by atoms with Crippen molar-refractivity contribution in [1.82, 2.24) is 5.32 Å². The van der Waals surface area contributed by atoms with E-state index in [1.807, 2.05) is 12.1 Å². The molecule has 156 valence electrons. The molecule has 1 amide bonds. The van der Waals surface area contributed by atoms with Crippen LogP contribution < -0.4 is 19.5 Å². The molecule has 4 rings (SSSR count). The molecule has 0 saturated heterocycles. The number of carbonyl (C=O) groups is 2. The Morgan fingerprint density at radius 2 is 1.90 bits per heavy atom. The molecule has 0 aliphatic carbocycles. The van der Waals surface area contributed by atoms with Crippen LogP contribution in [0, 0.1) is 0 Å². The first-order valence-electron chi connectivity index (χ1n) is 9.36. The number of hydrogen-bond acceptors (Lipinski definition) is 6. The molecule has 0 spiro atoms. The second-order valence-electron chi connectivity index (χ2n) is 6.99. The molecule has 2 aromatic rings. The lowest BCUT2D eigenvalue weighted by atomic mass is 9.84. The van der Waals surface area contributed by atoms with Gasteiger partial charge in [-0.1, -0.05) is 28.1 Å². The molecule has 1 N–H and O–H groups in total. The first-order valence-corrected chi connectivity index (χ1v) is 10.1. The van der Waals surface area contributed by atoms with Crippen LogP contribution in [0.4, 0.5) is 0 Å². The summed E-state index contributed by atoms with van der Waals surface area (Å²) in [6.07, 6.45) is 0.128. The Morgan fingerprint density at radius 1 is 1.20 bits per heavy atom. The smallest absolute Gasteiger partial charge is 0.336 e. The van der Waals surface area contributed by atoms with E-state index in [1.54, 1.807) is 38.3 Å². The predicted octanol–water partition coefficient (Wildman–Crippen LogP) is 3.81. The topological polar surface area (TPSA) is 83.1 Å². The van der Waals surface area contributed by atoms with Crippen molar-refractivity contribution in [3.8, 4) is 17.2 Å². The number of fused-ring (bicyclic) bond motifs is 1. The van der Waals surface area contributed by atoms with Gasteiger partial charge in [0.25, 0.3) is 0 Å². The van der Waals surface area contributed by atoms with Crippen LogP contribution in [0.5, 0.6) is 17.2 Å². The Hall–Kier alpha value is -3.00. The molecule has 0 saturated carbocycles. The van der Waals surface area contributed by atoms with Gasteiger partial charge in [-0.3, -0.25) is 4.79 Å². The Morgan fingerprint density at radius 3 is 2.60 bits per heavy atom. The van der Waals surface area contributed by atoms with Crippen molar-refractivity contribution in [2.45, 2.75) is 25.9 Å². The number of carbonyl (C=O) groups excluding carboxylic acids is 2. The lowest BCUT2D eigenvalue weighted by Crippen LogP contribution is -2.34. The molecular weight excluding hydrogens is 454 g/mol. The second kappa shape index (κ2) is 8.39. The summed E-state index contributed by atoms with van der Waals surface area (Å²) >= 11 is 3.54. The fourth-order valence-corrected chi connectivity index (χ4v) is 4.18. The van der Waals surface area contributed by atoms with Crippen molar-refractivity contribution in [1.29, 1.82) is 0 Å². The summed E-state index contributed by atoms with van der Waals surface area (Å²) in [5, 5.41) is 2.75. The van der Waals surface area contributed by atoms with Crippen LogP contribution >= 0.6 is 15.9 Å². The first-order chi connectivity index (χ1) is 14.5. The molecule has 7 nitrogen and oxygen atoms in total. The maximum Gasteiger partial charge on any atom is 0.336 e. The van der Waals surface area contributed by atoms with Gasteiger partial charge in [-0.25, -0.2) is 4.79 Å². The van der Waals surface area contributed by atoms with Gasteiger partial charge in [-0.05, 0) is 42.3 Å². The number of ether oxygens (including phenoxy) is 4. The zero-order valence-electron chi connectivity index (χ0n) is 16.5. The van der Waals surface area contributed by atoms with E-state index in [-0.39, 0.29) is 25.7 Å². The molecule has 8 heteroatoms. The molecule has 2 aliphatic heterocycles. The fraction of sp³-hybridized carbons (Fsp3) is 0.273. The highest BCUT2D eigenvalue weighted by Crippen LogP contribution is 2.43. The number of esters is 1. The number of halogens is 1. The van der Waals surface area contributed by atoms with Crippen molar-refractivity contribution < 1.29 is 28.5 Å². The van der Waals surface area contributed by atoms with E-state index in [9.17, 15) is 9.59 Å². The fourth-order valence-electron chi connectivity index (χ4n) is 3.59. The van der Waals surface area contributed by atoms with Crippen LogP contribution in [-0.2, 0) is 20.9 Å². The lowest BCUT2D eigenvalue weighted by molar-refractivity contribution is -0.141. The van der Waals surface area contributed by atoms with Gasteiger partial charge in [0.05, 0.1) is 12.7 Å². The Bertz CT molecular complexity index is 1030. The highest BCUT2D eigenvalue weighted by Gasteiger charge is 2.35. The van der Waals surface area contributed by atoms with Gasteiger partial charge in [0.2, 0.25) is 12.7 Å². The average molecular weight is 474 g/mol. The van der Waals surface area contributed by atoms with E-state index in [2.05, 4.69) is 21.2 Å². The highest BCUT2D eigenvalue weighted by molar-refractivity contribution is 9.10. The van der Waals surface area contributed by atoms with Crippen molar-refractivity contribution >= 4 is 27.8 Å². The van der Waals surface area contributed by atoms with Gasteiger partial charge in [-0.2, -0.15) is 0 Å². The Balaban J connectivity index is 1.59. The van der Waals surface area contributed by atoms with Crippen molar-refractivity contribution in [3.63, 3.8) is 0 Å². The van der Waals surface area contributed by atoms with E-state index in [0.717, 1.165) is 21.3 Å². The molecule has 30 heavy (non-hydrogen) atoms. The molecular formula is C22H20BrNO6. The minimum atomic E-state index is -0.474. The maximum absolute atomic E-state index is 13.0. The molecule has 1 atom stereocenters. The summed E-state index contributed by atoms with van der Waals surface area (Å²) in [6, 6.07) is 10.9. The van der Waals surface area contributed by atoms with Crippen LogP contribution in [0.2, 0.25) is 0 Å². The lowest BCUT2D eigenvalue weighted by Gasteiger charge is -2.27. The number of benzene rings is 2. The maximum atomic E-state index is 13.0. The standard InChI is InChI=1S/C22H20BrNO6/c1-12-21(22(26)28-10-13-3-5-14(27-2)6-4-13)16(8-20(25)24-12)15-7-18-19(9-17(15)23)30-11-29-18/h3-7,9,16H,8,10-11H2,1-2H3,(H,24,25). The zero-order chi connectivity index (χ0) is 21.3. The number of allylic oxidation sites excluding steroid dienone is 1. The predicted molar refractivity (Wildman–Crippen MR) is 111 cm³/mol. The van der Waals surface area contributed by atoms with Gasteiger partial charge < -0.3 is 24.3 Å². The molecule has 0 bridgehead atoms. The molecule has 0 aromatic heterocycles. The van der Waals surface area contributed by atoms with Crippen molar-refractivity contribution in [2.75, 3.05) is 13.9 Å². The third-order valence-corrected chi connectivity index (χ3v) is 5.77. The van der Waals surface area contributed by atoms with Crippen molar-refractivity contribution in [3.05, 3.63) is 63.3 Å². The summed E-state index contributed by atoms with van der Waals surface area (Å²) in [4.78, 5) is 25.2. The van der Waals surface area contributed by atoms with Crippen LogP contribution in [-0.4, -0.2) is 25.8 Å². The minimum absolute atomic E-state index is 0.114. The Kier molecular flexibility index (Phi) is 5.67. The van der Waals surface area contributed by atoms with Crippen molar-refractivity contribution in [2.24, 2.45) is 0 Å². The molecule has 2 heterocycles. The van der Waals surface area contributed by atoms with Crippen LogP contribution in [0.1, 0.15) is 30.4 Å². The molecule has 2 aliphatic rings. The van der Waals surface area contributed by atoms with E-state index < -0.39 is 11.9 Å². The van der Waals surface area contributed by atoms with E-state index in [1.165, 1.54) is 0 Å². The summed E-state index contributed by atoms with van der Waals surface area (Å²) in [6.45, 7) is 1.96. The van der Waals surface area contributed by atoms with E-state index in [0.29, 0.717) is 22.8 Å². The summed E-state index contributed by atoms with van der Waals surface area (Å²) < 4.78 is 22.3. The van der Waals surface area contributed by atoms with Gasteiger partial charge in [0.15, 0.2) is 11.5 Å². The van der Waals surface area contributed by atoms with Crippen LogP contribution in [0.25, 0.3) is 0 Å². The number of rotatable bonds is 5. The van der Waals surface area contributed by atoms with Crippen LogP contribution in [0.15, 0.2) is 52.1 Å². The largest absolute Gasteiger partial charge is 0.497 e. The normalized spacial score (nSPS) is 17.6. The number of hydrogen-bond donors (Lipinski definition) is 1. The summed E-state index contributed by atoms with van der Waals surface area (Å²) in [5.74, 6) is 0.835. The Labute approximate surface area is 182 Å². The summed E-state index contributed by atoms with van der Waals surface area (Å²) in [5.41, 5.74) is 2.51. The molecule has 1 unspecified atom stereocenters. The van der Waals surface area contributed by atoms with E-state index >= 15 is 0 Å². The summed E-state index contributed by atoms with van der Waals surface area (Å²) in [7, 11) is 1.59. The average Bonchev–Trinajstić information content (AvgIpc) is 3.18. The number of methoxy groups -OCH3 is 1.